The average Bonchev–Trinajstić information content (AvgIpc) is 3.27. The van der Waals surface area contributed by atoms with Crippen LogP contribution in [0.25, 0.3) is 0 Å². The third kappa shape index (κ3) is 3.19. The van der Waals surface area contributed by atoms with Gasteiger partial charge in [0.15, 0.2) is 5.82 Å². The zero-order valence-electron chi connectivity index (χ0n) is 15.7. The molecule has 2 aromatic heterocycles. The van der Waals surface area contributed by atoms with Gasteiger partial charge in [-0.25, -0.2) is 4.68 Å². The lowest BCUT2D eigenvalue weighted by Gasteiger charge is -2.34. The first-order valence-corrected chi connectivity index (χ1v) is 8.62. The van der Waals surface area contributed by atoms with Crippen LogP contribution in [-0.2, 0) is 16.8 Å². The number of aryl methyl sites for hydroxylation is 1. The predicted molar refractivity (Wildman–Crippen MR) is 94.6 cm³/mol. The second-order valence-electron chi connectivity index (χ2n) is 6.81. The highest BCUT2D eigenvalue weighted by Crippen LogP contribution is 2.35. The summed E-state index contributed by atoms with van der Waals surface area (Å²) in [7, 11) is 5.65. The van der Waals surface area contributed by atoms with Gasteiger partial charge in [0.05, 0.1) is 18.7 Å². The van der Waals surface area contributed by atoms with Gasteiger partial charge in [-0.2, -0.15) is 0 Å². The van der Waals surface area contributed by atoms with Gasteiger partial charge >= 0.3 is 0 Å². The van der Waals surface area contributed by atoms with E-state index in [9.17, 15) is 4.79 Å². The number of amides is 1. The van der Waals surface area contributed by atoms with Crippen LogP contribution in [0, 0.1) is 6.92 Å². The number of likely N-dealkylation sites (N-methyl/N-ethyl adjacent to an activating group) is 1. The molecule has 140 valence electrons. The normalized spacial score (nSPS) is 20.1. The van der Waals surface area contributed by atoms with E-state index in [1.807, 2.05) is 32.0 Å². The van der Waals surface area contributed by atoms with Gasteiger partial charge in [-0.3, -0.25) is 14.7 Å². The quantitative estimate of drug-likeness (QED) is 0.734. The Bertz CT molecular complexity index is 776. The molecule has 1 fully saturated rings. The molecule has 1 aliphatic heterocycles. The molecule has 0 bridgehead atoms. The fraction of sp³-hybridized carbons (Fsp3) is 0.588. The molecule has 9 heteroatoms. The van der Waals surface area contributed by atoms with E-state index in [0.29, 0.717) is 31.8 Å². The summed E-state index contributed by atoms with van der Waals surface area (Å²) in [6, 6.07) is 1.85. The first-order valence-electron chi connectivity index (χ1n) is 8.62. The van der Waals surface area contributed by atoms with Crippen molar-refractivity contribution in [2.75, 3.05) is 40.9 Å². The Hall–Kier alpha value is -2.39. The van der Waals surface area contributed by atoms with Crippen molar-refractivity contribution < 1.29 is 9.53 Å². The molecule has 0 spiro atoms. The Kier molecular flexibility index (Phi) is 5.28. The van der Waals surface area contributed by atoms with Gasteiger partial charge in [-0.05, 0) is 49.5 Å². The van der Waals surface area contributed by atoms with Crippen LogP contribution in [0.4, 0.5) is 0 Å². The number of carbonyl (C=O) groups excluding carboxylic acids is 1. The highest BCUT2D eigenvalue weighted by molar-refractivity contribution is 5.95. The average molecular weight is 359 g/mol. The number of tetrazole rings is 1. The van der Waals surface area contributed by atoms with Crippen LogP contribution < -0.4 is 0 Å². The number of likely N-dealkylation sites (tertiary alicyclic amines) is 1. The van der Waals surface area contributed by atoms with Gasteiger partial charge in [-0.15, -0.1) is 5.10 Å². The number of pyridine rings is 1. The lowest BCUT2D eigenvalue weighted by atomic mass is 9.96. The van der Waals surface area contributed by atoms with Crippen molar-refractivity contribution in [1.29, 1.82) is 0 Å². The molecule has 3 heterocycles. The van der Waals surface area contributed by atoms with Crippen LogP contribution in [0.5, 0.6) is 0 Å². The lowest BCUT2D eigenvalue weighted by Crippen LogP contribution is -2.47. The van der Waals surface area contributed by atoms with E-state index in [1.165, 1.54) is 0 Å². The Morgan fingerprint density at radius 2 is 2.23 bits per heavy atom. The summed E-state index contributed by atoms with van der Waals surface area (Å²) >= 11 is 0. The van der Waals surface area contributed by atoms with Crippen molar-refractivity contribution in [1.82, 2.24) is 35.0 Å². The number of carbonyl (C=O) groups is 1. The molecule has 1 amide bonds. The first-order chi connectivity index (χ1) is 12.5. The van der Waals surface area contributed by atoms with Gasteiger partial charge in [0.2, 0.25) is 0 Å². The summed E-state index contributed by atoms with van der Waals surface area (Å²) in [6.07, 6.45) is 4.10. The second-order valence-corrected chi connectivity index (χ2v) is 6.81. The number of methoxy groups -OCH3 is 1. The number of rotatable bonds is 6. The standard InChI is InChI=1S/C17H25N7O2/c1-13-5-7-18-11-14(13)15(25)23-8-6-17(12-23,22(2)3)16-19-20-21-24(16)9-10-26-4/h5,7,11H,6,8-10,12H2,1-4H3. The minimum Gasteiger partial charge on any atom is -0.383 e. The number of hydrogen-bond donors (Lipinski definition) is 0. The van der Waals surface area contributed by atoms with E-state index in [1.54, 1.807) is 24.2 Å². The monoisotopic (exact) mass is 359 g/mol. The molecule has 0 aliphatic carbocycles. The zero-order valence-corrected chi connectivity index (χ0v) is 15.7. The van der Waals surface area contributed by atoms with Crippen molar-refractivity contribution in [3.8, 4) is 0 Å². The molecule has 2 aromatic rings. The third-order valence-corrected chi connectivity index (χ3v) is 5.12. The SMILES string of the molecule is COCCn1nnnc1C1(N(C)C)CCN(C(=O)c2cnccc2C)C1. The maximum absolute atomic E-state index is 13.0. The number of hydrogen-bond acceptors (Lipinski definition) is 7. The number of aromatic nitrogens is 5. The predicted octanol–water partition coefficient (Wildman–Crippen LogP) is 0.326. The molecule has 0 saturated carbocycles. The van der Waals surface area contributed by atoms with E-state index in [4.69, 9.17) is 4.74 Å². The van der Waals surface area contributed by atoms with E-state index < -0.39 is 5.54 Å². The van der Waals surface area contributed by atoms with E-state index in [0.717, 1.165) is 17.8 Å². The molecule has 1 saturated heterocycles. The Morgan fingerprint density at radius 1 is 1.42 bits per heavy atom. The molecule has 0 aromatic carbocycles. The minimum absolute atomic E-state index is 0.00441. The Labute approximate surface area is 152 Å². The van der Waals surface area contributed by atoms with Gasteiger partial charge < -0.3 is 9.64 Å². The summed E-state index contributed by atoms with van der Waals surface area (Å²) in [5.74, 6) is 0.757. The molecule has 3 rings (SSSR count). The smallest absolute Gasteiger partial charge is 0.255 e. The topological polar surface area (TPSA) is 89.3 Å². The van der Waals surface area contributed by atoms with E-state index >= 15 is 0 Å². The van der Waals surface area contributed by atoms with Gasteiger partial charge in [0.1, 0.15) is 5.54 Å². The third-order valence-electron chi connectivity index (χ3n) is 5.12. The van der Waals surface area contributed by atoms with Gasteiger partial charge in [0.25, 0.3) is 5.91 Å². The molecule has 0 radical (unpaired) electrons. The molecule has 1 unspecified atom stereocenters. The van der Waals surface area contributed by atoms with Crippen molar-refractivity contribution in [3.63, 3.8) is 0 Å². The van der Waals surface area contributed by atoms with Crippen LogP contribution in [0.1, 0.15) is 28.2 Å². The van der Waals surface area contributed by atoms with Crippen LogP contribution in [0.15, 0.2) is 18.5 Å². The van der Waals surface area contributed by atoms with Crippen molar-refractivity contribution in [2.24, 2.45) is 0 Å². The second kappa shape index (κ2) is 7.46. The fourth-order valence-corrected chi connectivity index (χ4v) is 3.44. The van der Waals surface area contributed by atoms with Gasteiger partial charge in [-0.1, -0.05) is 0 Å². The maximum atomic E-state index is 13.0. The molecular formula is C17H25N7O2. The molecule has 1 aliphatic rings. The van der Waals surface area contributed by atoms with Crippen LogP contribution in [-0.4, -0.2) is 81.8 Å². The zero-order chi connectivity index (χ0) is 18.7. The molecule has 9 nitrogen and oxygen atoms in total. The maximum Gasteiger partial charge on any atom is 0.255 e. The number of nitrogens with zero attached hydrogens (tertiary/aromatic N) is 7. The van der Waals surface area contributed by atoms with Crippen molar-refractivity contribution in [2.45, 2.75) is 25.4 Å². The molecular weight excluding hydrogens is 334 g/mol. The lowest BCUT2D eigenvalue weighted by molar-refractivity contribution is 0.0735. The molecule has 26 heavy (non-hydrogen) atoms. The van der Waals surface area contributed by atoms with Gasteiger partial charge in [0, 0.05) is 32.6 Å². The Morgan fingerprint density at radius 3 is 2.92 bits per heavy atom. The van der Waals surface area contributed by atoms with E-state index in [-0.39, 0.29) is 5.91 Å². The summed E-state index contributed by atoms with van der Waals surface area (Å²) in [5, 5.41) is 12.2. The minimum atomic E-state index is -0.428. The highest BCUT2D eigenvalue weighted by atomic mass is 16.5. The summed E-state index contributed by atoms with van der Waals surface area (Å²) in [6.45, 7) is 4.20. The first kappa shape index (κ1) is 18.4. The van der Waals surface area contributed by atoms with Crippen LogP contribution in [0.2, 0.25) is 0 Å². The Balaban J connectivity index is 1.88. The summed E-state index contributed by atoms with van der Waals surface area (Å²) < 4.78 is 6.93. The van der Waals surface area contributed by atoms with Crippen LogP contribution >= 0.6 is 0 Å². The van der Waals surface area contributed by atoms with Crippen molar-refractivity contribution in [3.05, 3.63) is 35.4 Å². The highest BCUT2D eigenvalue weighted by Gasteiger charge is 2.47. The summed E-state index contributed by atoms with van der Waals surface area (Å²) in [5.41, 5.74) is 1.14. The van der Waals surface area contributed by atoms with E-state index in [2.05, 4.69) is 25.4 Å². The summed E-state index contributed by atoms with van der Waals surface area (Å²) in [4.78, 5) is 21.1. The van der Waals surface area contributed by atoms with Crippen LogP contribution in [0.3, 0.4) is 0 Å². The fourth-order valence-electron chi connectivity index (χ4n) is 3.44. The molecule has 1 atom stereocenters. The largest absolute Gasteiger partial charge is 0.383 e. The number of ether oxygens (including phenoxy) is 1. The van der Waals surface area contributed by atoms with Crippen molar-refractivity contribution >= 4 is 5.91 Å². The molecule has 0 N–H and O–H groups in total.